The van der Waals surface area contributed by atoms with E-state index in [1.165, 1.54) is 0 Å². The van der Waals surface area contributed by atoms with Gasteiger partial charge in [0.25, 0.3) is 0 Å². The van der Waals surface area contributed by atoms with Crippen LogP contribution in [-0.2, 0) is 4.79 Å². The van der Waals surface area contributed by atoms with Crippen LogP contribution in [0.5, 0.6) is 0 Å². The molecule has 0 aliphatic carbocycles. The Balaban J connectivity index is 2.38. The Kier molecular flexibility index (Phi) is 2.77. The summed E-state index contributed by atoms with van der Waals surface area (Å²) in [5, 5.41) is 2.58. The summed E-state index contributed by atoms with van der Waals surface area (Å²) in [6.45, 7) is -0.939. The average Bonchev–Trinajstić information content (AvgIpc) is 2.31. The third-order valence-corrected chi connectivity index (χ3v) is 1.75. The number of nitrogens with two attached hydrogens (primary N) is 1. The quantitative estimate of drug-likeness (QED) is 0.613. The SMILES string of the molecule is NC(=O)C1CN(CC(F)(F)F)CN1. The second-order valence-electron chi connectivity index (χ2n) is 2.94. The number of carbonyl (C=O) groups is 1. The standard InChI is InChI=1S/C6H10F3N3O/c7-6(8,9)2-12-1-4(5(10)13)11-3-12/h4,11H,1-3H2,(H2,10,13). The summed E-state index contributed by atoms with van der Waals surface area (Å²) in [5.41, 5.74) is 4.91. The molecule has 0 saturated carbocycles. The molecule has 1 saturated heterocycles. The third kappa shape index (κ3) is 3.19. The minimum absolute atomic E-state index is 0.0227. The molecule has 0 aromatic heterocycles. The van der Waals surface area contributed by atoms with E-state index in [0.29, 0.717) is 0 Å². The van der Waals surface area contributed by atoms with E-state index in [9.17, 15) is 18.0 Å². The zero-order valence-electron chi connectivity index (χ0n) is 6.77. The molecule has 0 bridgehead atoms. The summed E-state index contributed by atoms with van der Waals surface area (Å²) >= 11 is 0. The number of carbonyl (C=O) groups excluding carboxylic acids is 1. The zero-order chi connectivity index (χ0) is 10.1. The molecule has 1 rings (SSSR count). The van der Waals surface area contributed by atoms with E-state index >= 15 is 0 Å². The van der Waals surface area contributed by atoms with Crippen molar-refractivity contribution in [3.05, 3.63) is 0 Å². The maximum atomic E-state index is 11.9. The fraction of sp³-hybridized carbons (Fsp3) is 0.833. The van der Waals surface area contributed by atoms with Gasteiger partial charge in [0.2, 0.25) is 5.91 Å². The zero-order valence-corrected chi connectivity index (χ0v) is 6.77. The van der Waals surface area contributed by atoms with E-state index < -0.39 is 24.7 Å². The van der Waals surface area contributed by atoms with Crippen LogP contribution in [0.15, 0.2) is 0 Å². The van der Waals surface area contributed by atoms with Crippen molar-refractivity contribution in [3.8, 4) is 0 Å². The summed E-state index contributed by atoms with van der Waals surface area (Å²) in [5.74, 6) is -0.621. The fourth-order valence-corrected chi connectivity index (χ4v) is 1.19. The third-order valence-electron chi connectivity index (χ3n) is 1.75. The lowest BCUT2D eigenvalue weighted by molar-refractivity contribution is -0.144. The Labute approximate surface area is 72.9 Å². The molecule has 1 fully saturated rings. The number of rotatable bonds is 2. The molecule has 0 spiro atoms. The molecule has 1 unspecified atom stereocenters. The number of hydrogen-bond donors (Lipinski definition) is 2. The Morgan fingerprint density at radius 2 is 2.23 bits per heavy atom. The molecule has 7 heteroatoms. The molecular weight excluding hydrogens is 187 g/mol. The first-order valence-corrected chi connectivity index (χ1v) is 3.70. The smallest absolute Gasteiger partial charge is 0.368 e. The Bertz CT molecular complexity index is 206. The largest absolute Gasteiger partial charge is 0.401 e. The highest BCUT2D eigenvalue weighted by Crippen LogP contribution is 2.17. The van der Waals surface area contributed by atoms with Gasteiger partial charge in [0.1, 0.15) is 6.04 Å². The molecule has 3 N–H and O–H groups in total. The number of halogens is 3. The molecule has 1 aliphatic rings. The molecule has 1 atom stereocenters. The van der Waals surface area contributed by atoms with Crippen molar-refractivity contribution in [2.75, 3.05) is 19.8 Å². The highest BCUT2D eigenvalue weighted by molar-refractivity contribution is 5.80. The van der Waals surface area contributed by atoms with Gasteiger partial charge < -0.3 is 5.73 Å². The van der Waals surface area contributed by atoms with Gasteiger partial charge in [-0.2, -0.15) is 13.2 Å². The van der Waals surface area contributed by atoms with Crippen LogP contribution in [0.1, 0.15) is 0 Å². The molecular formula is C6H10F3N3O. The predicted molar refractivity (Wildman–Crippen MR) is 38.6 cm³/mol. The normalized spacial score (nSPS) is 25.0. The molecule has 0 aromatic carbocycles. The summed E-state index contributed by atoms with van der Waals surface area (Å²) in [6.07, 6.45) is -4.23. The summed E-state index contributed by atoms with van der Waals surface area (Å²) in [6, 6.07) is -0.664. The monoisotopic (exact) mass is 197 g/mol. The van der Waals surface area contributed by atoms with E-state index in [1.54, 1.807) is 0 Å². The van der Waals surface area contributed by atoms with Crippen LogP contribution < -0.4 is 11.1 Å². The van der Waals surface area contributed by atoms with Crippen LogP contribution >= 0.6 is 0 Å². The maximum Gasteiger partial charge on any atom is 0.401 e. The molecule has 1 aliphatic heterocycles. The molecule has 4 nitrogen and oxygen atoms in total. The molecule has 1 heterocycles. The van der Waals surface area contributed by atoms with Crippen LogP contribution in [0.25, 0.3) is 0 Å². The lowest BCUT2D eigenvalue weighted by Gasteiger charge is -2.15. The second-order valence-corrected chi connectivity index (χ2v) is 2.94. The fourth-order valence-electron chi connectivity index (χ4n) is 1.19. The molecule has 13 heavy (non-hydrogen) atoms. The molecule has 76 valence electrons. The topological polar surface area (TPSA) is 58.4 Å². The van der Waals surface area contributed by atoms with Gasteiger partial charge in [-0.3, -0.25) is 15.0 Å². The van der Waals surface area contributed by atoms with Gasteiger partial charge in [-0.05, 0) is 0 Å². The lowest BCUT2D eigenvalue weighted by Crippen LogP contribution is -2.38. The highest BCUT2D eigenvalue weighted by atomic mass is 19.4. The van der Waals surface area contributed by atoms with Gasteiger partial charge in [-0.15, -0.1) is 0 Å². The average molecular weight is 197 g/mol. The Morgan fingerprint density at radius 1 is 1.62 bits per heavy atom. The number of nitrogens with zero attached hydrogens (tertiary/aromatic N) is 1. The van der Waals surface area contributed by atoms with Gasteiger partial charge >= 0.3 is 6.18 Å². The lowest BCUT2D eigenvalue weighted by atomic mass is 10.3. The van der Waals surface area contributed by atoms with Crippen molar-refractivity contribution in [1.82, 2.24) is 10.2 Å². The van der Waals surface area contributed by atoms with Crippen molar-refractivity contribution in [1.29, 1.82) is 0 Å². The number of nitrogens with one attached hydrogen (secondary N) is 1. The van der Waals surface area contributed by atoms with Crippen molar-refractivity contribution >= 4 is 5.91 Å². The predicted octanol–water partition coefficient (Wildman–Crippen LogP) is -0.735. The Morgan fingerprint density at radius 3 is 2.62 bits per heavy atom. The molecule has 1 amide bonds. The van der Waals surface area contributed by atoms with Crippen LogP contribution in [0, 0.1) is 0 Å². The van der Waals surface area contributed by atoms with Gasteiger partial charge in [0.05, 0.1) is 6.54 Å². The van der Waals surface area contributed by atoms with Crippen LogP contribution in [0.2, 0.25) is 0 Å². The summed E-state index contributed by atoms with van der Waals surface area (Å²) < 4.78 is 35.6. The second kappa shape index (κ2) is 3.51. The first-order chi connectivity index (χ1) is 5.88. The summed E-state index contributed by atoms with van der Waals surface area (Å²) in [7, 11) is 0. The van der Waals surface area contributed by atoms with Crippen LogP contribution in [-0.4, -0.2) is 42.8 Å². The van der Waals surface area contributed by atoms with Crippen LogP contribution in [0.4, 0.5) is 13.2 Å². The number of alkyl halides is 3. The molecule has 0 aromatic rings. The first-order valence-electron chi connectivity index (χ1n) is 3.70. The van der Waals surface area contributed by atoms with Gasteiger partial charge in [0, 0.05) is 13.2 Å². The van der Waals surface area contributed by atoms with E-state index in [1.807, 2.05) is 0 Å². The minimum Gasteiger partial charge on any atom is -0.368 e. The number of hydrogen-bond acceptors (Lipinski definition) is 3. The van der Waals surface area contributed by atoms with E-state index in [2.05, 4.69) is 5.32 Å². The van der Waals surface area contributed by atoms with Gasteiger partial charge in [-0.1, -0.05) is 0 Å². The van der Waals surface area contributed by atoms with Crippen molar-refractivity contribution < 1.29 is 18.0 Å². The van der Waals surface area contributed by atoms with Crippen molar-refractivity contribution in [3.63, 3.8) is 0 Å². The van der Waals surface area contributed by atoms with Gasteiger partial charge in [0.15, 0.2) is 0 Å². The highest BCUT2D eigenvalue weighted by Gasteiger charge is 2.35. The first kappa shape index (κ1) is 10.3. The molecule has 0 radical (unpaired) electrons. The van der Waals surface area contributed by atoms with Crippen molar-refractivity contribution in [2.24, 2.45) is 5.73 Å². The van der Waals surface area contributed by atoms with E-state index in [-0.39, 0.29) is 13.2 Å². The number of primary amides is 1. The van der Waals surface area contributed by atoms with Crippen LogP contribution in [0.3, 0.4) is 0 Å². The number of amides is 1. The minimum atomic E-state index is -4.23. The van der Waals surface area contributed by atoms with Crippen molar-refractivity contribution in [2.45, 2.75) is 12.2 Å². The van der Waals surface area contributed by atoms with E-state index in [0.717, 1.165) is 4.90 Å². The van der Waals surface area contributed by atoms with E-state index in [4.69, 9.17) is 5.73 Å². The van der Waals surface area contributed by atoms with Gasteiger partial charge in [-0.25, -0.2) is 0 Å². The summed E-state index contributed by atoms with van der Waals surface area (Å²) in [4.78, 5) is 11.7. The Hall–Kier alpha value is -0.820. The maximum absolute atomic E-state index is 11.9.